The van der Waals surface area contributed by atoms with E-state index in [0.29, 0.717) is 10.7 Å². The van der Waals surface area contributed by atoms with Crippen molar-refractivity contribution in [1.29, 1.82) is 0 Å². The molecule has 2 N–H and O–H groups in total. The van der Waals surface area contributed by atoms with Crippen molar-refractivity contribution in [3.05, 3.63) is 29.0 Å². The van der Waals surface area contributed by atoms with E-state index in [9.17, 15) is 4.79 Å². The number of carbonyl (C=O) groups excluding carboxylic acids is 1. The van der Waals surface area contributed by atoms with Crippen LogP contribution in [-0.2, 0) is 10.2 Å². The van der Waals surface area contributed by atoms with Crippen LogP contribution < -0.4 is 5.73 Å². The zero-order valence-corrected chi connectivity index (χ0v) is 7.71. The van der Waals surface area contributed by atoms with Crippen molar-refractivity contribution in [2.75, 3.05) is 0 Å². The first-order valence-electron chi connectivity index (χ1n) is 4.07. The minimum Gasteiger partial charge on any atom is -0.369 e. The van der Waals surface area contributed by atoms with Crippen molar-refractivity contribution in [3.63, 3.8) is 0 Å². The standard InChI is InChI=1S/C9H9ClN2O/c10-6-1-4-12-7(5-6)9(2-3-9)8(11)13/h1,4-5H,2-3H2,(H2,11,13). The number of halogens is 1. The number of aromatic nitrogens is 1. The van der Waals surface area contributed by atoms with Gasteiger partial charge in [-0.05, 0) is 25.0 Å². The van der Waals surface area contributed by atoms with Crippen LogP contribution in [0.25, 0.3) is 0 Å². The third-order valence-corrected chi connectivity index (χ3v) is 2.67. The number of carbonyl (C=O) groups is 1. The average molecular weight is 197 g/mol. The van der Waals surface area contributed by atoms with E-state index < -0.39 is 5.41 Å². The van der Waals surface area contributed by atoms with Crippen LogP contribution in [0, 0.1) is 0 Å². The lowest BCUT2D eigenvalue weighted by atomic mass is 10.0. The Bertz CT molecular complexity index is 360. The van der Waals surface area contributed by atoms with E-state index in [2.05, 4.69) is 4.98 Å². The molecule has 0 atom stereocenters. The second-order valence-electron chi connectivity index (χ2n) is 3.31. The Balaban J connectivity index is 2.41. The monoisotopic (exact) mass is 196 g/mol. The normalized spacial score (nSPS) is 18.2. The fraction of sp³-hybridized carbons (Fsp3) is 0.333. The summed E-state index contributed by atoms with van der Waals surface area (Å²) in [6.07, 6.45) is 3.17. The Hall–Kier alpha value is -1.09. The number of pyridine rings is 1. The van der Waals surface area contributed by atoms with E-state index in [-0.39, 0.29) is 5.91 Å². The van der Waals surface area contributed by atoms with Crippen LogP contribution in [0.1, 0.15) is 18.5 Å². The van der Waals surface area contributed by atoms with Crippen molar-refractivity contribution in [2.24, 2.45) is 5.73 Å². The first kappa shape index (κ1) is 8.51. The lowest BCUT2D eigenvalue weighted by molar-refractivity contribution is -0.120. The largest absolute Gasteiger partial charge is 0.369 e. The molecule has 0 aromatic carbocycles. The van der Waals surface area contributed by atoms with Crippen LogP contribution in [-0.4, -0.2) is 10.9 Å². The van der Waals surface area contributed by atoms with Crippen LogP contribution in [0.2, 0.25) is 5.02 Å². The topological polar surface area (TPSA) is 56.0 Å². The smallest absolute Gasteiger partial charge is 0.229 e. The molecule has 68 valence electrons. The predicted octanol–water partition coefficient (Wildman–Crippen LogP) is 1.25. The van der Waals surface area contributed by atoms with Crippen molar-refractivity contribution in [3.8, 4) is 0 Å². The van der Waals surface area contributed by atoms with Crippen molar-refractivity contribution >= 4 is 17.5 Å². The summed E-state index contributed by atoms with van der Waals surface area (Å²) in [5.74, 6) is -0.303. The molecule has 1 heterocycles. The summed E-state index contributed by atoms with van der Waals surface area (Å²) < 4.78 is 0. The van der Waals surface area contributed by atoms with Gasteiger partial charge in [-0.25, -0.2) is 0 Å². The van der Waals surface area contributed by atoms with Crippen LogP contribution in [0.4, 0.5) is 0 Å². The number of primary amides is 1. The van der Waals surface area contributed by atoms with Crippen LogP contribution in [0.15, 0.2) is 18.3 Å². The first-order chi connectivity index (χ1) is 6.15. The fourth-order valence-corrected chi connectivity index (χ4v) is 1.58. The lowest BCUT2D eigenvalue weighted by Gasteiger charge is -2.09. The maximum absolute atomic E-state index is 11.1. The molecule has 4 heteroatoms. The van der Waals surface area contributed by atoms with Gasteiger partial charge in [0.1, 0.15) is 0 Å². The zero-order chi connectivity index (χ0) is 9.47. The third-order valence-electron chi connectivity index (χ3n) is 2.43. The maximum atomic E-state index is 11.1. The molecule has 0 aliphatic heterocycles. The Morgan fingerprint density at radius 2 is 2.31 bits per heavy atom. The predicted molar refractivity (Wildman–Crippen MR) is 49.4 cm³/mol. The van der Waals surface area contributed by atoms with Gasteiger partial charge >= 0.3 is 0 Å². The number of rotatable bonds is 2. The molecule has 1 aliphatic rings. The van der Waals surface area contributed by atoms with Crippen molar-refractivity contribution in [2.45, 2.75) is 18.3 Å². The molecule has 1 aliphatic carbocycles. The van der Waals surface area contributed by atoms with Gasteiger partial charge in [-0.15, -0.1) is 0 Å². The minimum absolute atomic E-state index is 0.303. The summed E-state index contributed by atoms with van der Waals surface area (Å²) in [4.78, 5) is 15.2. The molecule has 2 rings (SSSR count). The lowest BCUT2D eigenvalue weighted by Crippen LogP contribution is -2.29. The Morgan fingerprint density at radius 3 is 2.77 bits per heavy atom. The minimum atomic E-state index is -0.523. The van der Waals surface area contributed by atoms with Gasteiger partial charge in [0.2, 0.25) is 5.91 Å². The number of nitrogens with two attached hydrogens (primary N) is 1. The number of nitrogens with zero attached hydrogens (tertiary/aromatic N) is 1. The van der Waals surface area contributed by atoms with Crippen LogP contribution >= 0.6 is 11.6 Å². The van der Waals surface area contributed by atoms with Gasteiger partial charge in [0.05, 0.1) is 11.1 Å². The molecule has 0 unspecified atom stereocenters. The van der Waals surface area contributed by atoms with Gasteiger partial charge < -0.3 is 5.73 Å². The molecule has 1 fully saturated rings. The second-order valence-corrected chi connectivity index (χ2v) is 3.74. The summed E-state index contributed by atoms with van der Waals surface area (Å²) in [6.45, 7) is 0. The fourth-order valence-electron chi connectivity index (χ4n) is 1.42. The molecule has 3 nitrogen and oxygen atoms in total. The van der Waals surface area contributed by atoms with E-state index in [0.717, 1.165) is 12.8 Å². The quantitative estimate of drug-likeness (QED) is 0.774. The van der Waals surface area contributed by atoms with Crippen LogP contribution in [0.3, 0.4) is 0 Å². The molecule has 0 spiro atoms. The highest BCUT2D eigenvalue weighted by Crippen LogP contribution is 2.47. The highest BCUT2D eigenvalue weighted by atomic mass is 35.5. The van der Waals surface area contributed by atoms with Crippen molar-refractivity contribution < 1.29 is 4.79 Å². The summed E-state index contributed by atoms with van der Waals surface area (Å²) in [6, 6.07) is 3.39. The van der Waals surface area contributed by atoms with Crippen LogP contribution in [0.5, 0.6) is 0 Å². The number of hydrogen-bond donors (Lipinski definition) is 1. The average Bonchev–Trinajstić information content (AvgIpc) is 2.83. The molecule has 13 heavy (non-hydrogen) atoms. The number of amides is 1. The Kier molecular flexibility index (Phi) is 1.77. The van der Waals surface area contributed by atoms with E-state index in [1.165, 1.54) is 0 Å². The summed E-state index contributed by atoms with van der Waals surface area (Å²) in [7, 11) is 0. The molecule has 1 aromatic heterocycles. The molecular formula is C9H9ClN2O. The van der Waals surface area contributed by atoms with E-state index >= 15 is 0 Å². The van der Waals surface area contributed by atoms with Gasteiger partial charge in [0.25, 0.3) is 0 Å². The van der Waals surface area contributed by atoms with Gasteiger partial charge in [0, 0.05) is 11.2 Å². The summed E-state index contributed by atoms with van der Waals surface area (Å²) in [5.41, 5.74) is 5.47. The molecule has 1 aromatic rings. The van der Waals surface area contributed by atoms with E-state index in [1.807, 2.05) is 0 Å². The molecule has 0 saturated heterocycles. The summed E-state index contributed by atoms with van der Waals surface area (Å²) in [5, 5.41) is 0.595. The van der Waals surface area contributed by atoms with Gasteiger partial charge in [0.15, 0.2) is 0 Å². The molecule has 0 bridgehead atoms. The van der Waals surface area contributed by atoms with Crippen molar-refractivity contribution in [1.82, 2.24) is 4.98 Å². The molecule has 0 radical (unpaired) electrons. The molecule has 1 saturated carbocycles. The highest BCUT2D eigenvalue weighted by molar-refractivity contribution is 6.30. The Morgan fingerprint density at radius 1 is 1.62 bits per heavy atom. The second kappa shape index (κ2) is 2.70. The van der Waals surface area contributed by atoms with Gasteiger partial charge in [-0.2, -0.15) is 0 Å². The molecule has 1 amide bonds. The van der Waals surface area contributed by atoms with E-state index in [4.69, 9.17) is 17.3 Å². The zero-order valence-electron chi connectivity index (χ0n) is 6.96. The van der Waals surface area contributed by atoms with Gasteiger partial charge in [-0.1, -0.05) is 11.6 Å². The molecular weight excluding hydrogens is 188 g/mol. The van der Waals surface area contributed by atoms with Gasteiger partial charge in [-0.3, -0.25) is 9.78 Å². The summed E-state index contributed by atoms with van der Waals surface area (Å²) >= 11 is 5.79. The first-order valence-corrected chi connectivity index (χ1v) is 4.45. The SMILES string of the molecule is NC(=O)C1(c2cc(Cl)ccn2)CC1. The third kappa shape index (κ3) is 1.29. The van der Waals surface area contributed by atoms with E-state index in [1.54, 1.807) is 18.3 Å². The maximum Gasteiger partial charge on any atom is 0.229 e. The number of hydrogen-bond acceptors (Lipinski definition) is 2. The highest BCUT2D eigenvalue weighted by Gasteiger charge is 2.51. The Labute approximate surface area is 80.9 Å².